The number of amides is 1. The zero-order chi connectivity index (χ0) is 16.1. The molecule has 0 saturated heterocycles. The zero-order valence-electron chi connectivity index (χ0n) is 12.8. The van der Waals surface area contributed by atoms with Crippen LogP contribution in [0.3, 0.4) is 0 Å². The number of hydrogen-bond acceptors (Lipinski definition) is 5. The molecule has 21 heavy (non-hydrogen) atoms. The van der Waals surface area contributed by atoms with Crippen molar-refractivity contribution in [3.8, 4) is 0 Å². The molecule has 4 N–H and O–H groups in total. The molecule has 0 aromatic heterocycles. The second-order valence-electron chi connectivity index (χ2n) is 5.04. The number of nitrogens with zero attached hydrogens (tertiary/aromatic N) is 1. The molecule has 0 aliphatic heterocycles. The predicted octanol–water partition coefficient (Wildman–Crippen LogP) is 0.160. The van der Waals surface area contributed by atoms with E-state index in [1.807, 2.05) is 0 Å². The van der Waals surface area contributed by atoms with Crippen LogP contribution in [-0.2, 0) is 9.59 Å². The molecule has 0 aliphatic carbocycles. The van der Waals surface area contributed by atoms with Crippen LogP contribution >= 0.6 is 0 Å². The molecule has 7 nitrogen and oxygen atoms in total. The van der Waals surface area contributed by atoms with Crippen molar-refractivity contribution in [2.24, 2.45) is 0 Å². The molecular formula is C14H28N2O5. The quantitative estimate of drug-likeness (QED) is 0.285. The fraction of sp³-hybridized carbons (Fsp3) is 0.857. The molecule has 1 amide bonds. The minimum Gasteiger partial charge on any atom is -0.480 e. The summed E-state index contributed by atoms with van der Waals surface area (Å²) in [7, 11) is 0. The minimum absolute atomic E-state index is 0.0692. The highest BCUT2D eigenvalue weighted by molar-refractivity contribution is 5.75. The predicted molar refractivity (Wildman–Crippen MR) is 78.7 cm³/mol. The summed E-state index contributed by atoms with van der Waals surface area (Å²) < 4.78 is 0. The third-order valence-corrected chi connectivity index (χ3v) is 3.15. The summed E-state index contributed by atoms with van der Waals surface area (Å²) in [4.78, 5) is 23.4. The maximum absolute atomic E-state index is 11.6. The van der Waals surface area contributed by atoms with Crippen LogP contribution in [0.4, 0.5) is 0 Å². The molecule has 1 unspecified atom stereocenters. The molecule has 0 aromatic rings. The van der Waals surface area contributed by atoms with Gasteiger partial charge in [-0.25, -0.2) is 0 Å². The van der Waals surface area contributed by atoms with Crippen molar-refractivity contribution >= 4 is 11.9 Å². The fourth-order valence-electron chi connectivity index (χ4n) is 1.94. The standard InChI is InChI=1S/C14H28N2O5/c1-2-3-4-5-6-7-12(18)15-8-9-16(10-14(20)21)13(19)11-17/h13,17,19H,2-11H2,1H3,(H,15,18)(H,20,21). The van der Waals surface area contributed by atoms with Gasteiger partial charge in [-0.15, -0.1) is 0 Å². The van der Waals surface area contributed by atoms with E-state index in [0.717, 1.165) is 19.3 Å². The van der Waals surface area contributed by atoms with Gasteiger partial charge in [-0.1, -0.05) is 32.6 Å². The SMILES string of the molecule is CCCCCCCC(=O)NCCN(CC(=O)O)C(O)CO. The van der Waals surface area contributed by atoms with Crippen LogP contribution in [0.2, 0.25) is 0 Å². The molecular weight excluding hydrogens is 276 g/mol. The highest BCUT2D eigenvalue weighted by atomic mass is 16.4. The Morgan fingerprint density at radius 3 is 2.43 bits per heavy atom. The Hall–Kier alpha value is -1.18. The molecule has 0 aromatic carbocycles. The summed E-state index contributed by atoms with van der Waals surface area (Å²) in [6, 6.07) is 0. The monoisotopic (exact) mass is 304 g/mol. The fourth-order valence-corrected chi connectivity index (χ4v) is 1.94. The zero-order valence-corrected chi connectivity index (χ0v) is 12.8. The molecule has 0 spiro atoms. The van der Waals surface area contributed by atoms with E-state index in [4.69, 9.17) is 10.2 Å². The molecule has 0 saturated carbocycles. The molecule has 1 atom stereocenters. The summed E-state index contributed by atoms with van der Waals surface area (Å²) in [5.41, 5.74) is 0. The van der Waals surface area contributed by atoms with Gasteiger partial charge in [0.25, 0.3) is 0 Å². The van der Waals surface area contributed by atoms with Gasteiger partial charge in [-0.2, -0.15) is 0 Å². The van der Waals surface area contributed by atoms with Crippen LogP contribution in [0, 0.1) is 0 Å². The number of carboxylic acids is 1. The van der Waals surface area contributed by atoms with Crippen molar-refractivity contribution in [3.63, 3.8) is 0 Å². The highest BCUT2D eigenvalue weighted by Crippen LogP contribution is 2.04. The normalized spacial score (nSPS) is 12.4. The van der Waals surface area contributed by atoms with Gasteiger partial charge in [0.1, 0.15) is 6.23 Å². The van der Waals surface area contributed by atoms with E-state index >= 15 is 0 Å². The second kappa shape index (κ2) is 12.6. The first kappa shape index (κ1) is 19.8. The molecule has 7 heteroatoms. The smallest absolute Gasteiger partial charge is 0.317 e. The topological polar surface area (TPSA) is 110 Å². The van der Waals surface area contributed by atoms with E-state index in [1.165, 1.54) is 17.7 Å². The number of carboxylic acid groups (broad SMARTS) is 1. The lowest BCUT2D eigenvalue weighted by molar-refractivity contribution is -0.142. The average Bonchev–Trinajstić information content (AvgIpc) is 2.44. The van der Waals surface area contributed by atoms with E-state index < -0.39 is 18.8 Å². The van der Waals surface area contributed by atoms with Gasteiger partial charge in [0, 0.05) is 19.5 Å². The van der Waals surface area contributed by atoms with Crippen molar-refractivity contribution in [1.29, 1.82) is 0 Å². The van der Waals surface area contributed by atoms with Gasteiger partial charge in [0.2, 0.25) is 5.91 Å². The highest BCUT2D eigenvalue weighted by Gasteiger charge is 2.17. The number of aliphatic hydroxyl groups excluding tert-OH is 2. The molecule has 0 rings (SSSR count). The molecule has 0 bridgehead atoms. The van der Waals surface area contributed by atoms with Crippen LogP contribution in [0.15, 0.2) is 0 Å². The molecule has 0 radical (unpaired) electrons. The first-order chi connectivity index (χ1) is 10.0. The van der Waals surface area contributed by atoms with Crippen molar-refractivity contribution in [2.45, 2.75) is 51.7 Å². The van der Waals surface area contributed by atoms with Gasteiger partial charge >= 0.3 is 5.97 Å². The minimum atomic E-state index is -1.23. The maximum atomic E-state index is 11.6. The van der Waals surface area contributed by atoms with Crippen molar-refractivity contribution < 1.29 is 24.9 Å². The first-order valence-electron chi connectivity index (χ1n) is 7.52. The molecule has 0 heterocycles. The van der Waals surface area contributed by atoms with Crippen LogP contribution in [0.1, 0.15) is 45.4 Å². The lowest BCUT2D eigenvalue weighted by Crippen LogP contribution is -2.45. The lowest BCUT2D eigenvalue weighted by atomic mass is 10.1. The second-order valence-corrected chi connectivity index (χ2v) is 5.04. The van der Waals surface area contributed by atoms with Gasteiger partial charge in [-0.3, -0.25) is 14.5 Å². The number of carbonyl (C=O) groups excluding carboxylic acids is 1. The van der Waals surface area contributed by atoms with Crippen LogP contribution < -0.4 is 5.32 Å². The molecule has 0 aliphatic rings. The molecule has 0 fully saturated rings. The number of aliphatic carboxylic acids is 1. The Balaban J connectivity index is 3.81. The van der Waals surface area contributed by atoms with Crippen molar-refractivity contribution in [2.75, 3.05) is 26.2 Å². The van der Waals surface area contributed by atoms with E-state index in [-0.39, 0.29) is 25.5 Å². The van der Waals surface area contributed by atoms with Crippen LogP contribution in [0.25, 0.3) is 0 Å². The number of hydrogen-bond donors (Lipinski definition) is 4. The number of aliphatic hydroxyl groups is 2. The van der Waals surface area contributed by atoms with E-state index in [9.17, 15) is 14.7 Å². The van der Waals surface area contributed by atoms with Gasteiger partial charge in [-0.05, 0) is 6.42 Å². The Bertz CT molecular complexity index is 299. The van der Waals surface area contributed by atoms with E-state index in [1.54, 1.807) is 0 Å². The largest absolute Gasteiger partial charge is 0.480 e. The van der Waals surface area contributed by atoms with Gasteiger partial charge in [0.15, 0.2) is 0 Å². The van der Waals surface area contributed by atoms with Gasteiger partial charge in [0.05, 0.1) is 13.2 Å². The summed E-state index contributed by atoms with van der Waals surface area (Å²) in [6.45, 7) is 1.64. The summed E-state index contributed by atoms with van der Waals surface area (Å²) in [5, 5.41) is 29.7. The van der Waals surface area contributed by atoms with Crippen LogP contribution in [0.5, 0.6) is 0 Å². The summed E-state index contributed by atoms with van der Waals surface area (Å²) >= 11 is 0. The van der Waals surface area contributed by atoms with Crippen molar-refractivity contribution in [1.82, 2.24) is 10.2 Å². The Labute approximate surface area is 125 Å². The third-order valence-electron chi connectivity index (χ3n) is 3.15. The van der Waals surface area contributed by atoms with Crippen molar-refractivity contribution in [3.05, 3.63) is 0 Å². The first-order valence-corrected chi connectivity index (χ1v) is 7.52. The van der Waals surface area contributed by atoms with Crippen LogP contribution in [-0.4, -0.2) is 64.6 Å². The summed E-state index contributed by atoms with van der Waals surface area (Å²) in [5.74, 6) is -1.16. The Morgan fingerprint density at radius 2 is 1.86 bits per heavy atom. The van der Waals surface area contributed by atoms with E-state index in [0.29, 0.717) is 6.42 Å². The molecule has 124 valence electrons. The van der Waals surface area contributed by atoms with E-state index in [2.05, 4.69) is 12.2 Å². The summed E-state index contributed by atoms with van der Waals surface area (Å²) in [6.07, 6.45) is 4.61. The third kappa shape index (κ3) is 11.2. The number of nitrogens with one attached hydrogen (secondary N) is 1. The van der Waals surface area contributed by atoms with Gasteiger partial charge < -0.3 is 20.6 Å². The Morgan fingerprint density at radius 1 is 1.19 bits per heavy atom. The lowest BCUT2D eigenvalue weighted by Gasteiger charge is -2.24. The number of unbranched alkanes of at least 4 members (excludes halogenated alkanes) is 4. The maximum Gasteiger partial charge on any atom is 0.317 e. The average molecular weight is 304 g/mol. The number of carbonyl (C=O) groups is 2. The Kier molecular flexibility index (Phi) is 11.8. The number of rotatable bonds is 13.